The number of allylic oxidation sites excluding steroid dienone is 1. The van der Waals surface area contributed by atoms with Crippen molar-refractivity contribution in [1.82, 2.24) is 0 Å². The summed E-state index contributed by atoms with van der Waals surface area (Å²) in [6.07, 6.45) is 0.755. The molecule has 0 saturated heterocycles. The second-order valence-electron chi connectivity index (χ2n) is 6.77. The number of Topliss-reactive ketones (excluding diaryl/α,β-unsaturated/α-hetero) is 1. The van der Waals surface area contributed by atoms with Gasteiger partial charge in [-0.05, 0) is 47.8 Å². The zero-order valence-electron chi connectivity index (χ0n) is 13.3. The van der Waals surface area contributed by atoms with Crippen LogP contribution in [0.2, 0.25) is 0 Å². The number of hydrogen-bond donors (Lipinski definition) is 1. The van der Waals surface area contributed by atoms with E-state index in [9.17, 15) is 14.7 Å². The van der Waals surface area contributed by atoms with Gasteiger partial charge in [0.2, 0.25) is 0 Å². The largest absolute Gasteiger partial charge is 0.496 e. The smallest absolute Gasteiger partial charge is 0.184 e. The summed E-state index contributed by atoms with van der Waals surface area (Å²) in [6.45, 7) is 5.58. The highest BCUT2D eigenvalue weighted by Gasteiger charge is 2.48. The average molecular weight is 300 g/mol. The fourth-order valence-corrected chi connectivity index (χ4v) is 3.60. The summed E-state index contributed by atoms with van der Waals surface area (Å²) in [7, 11) is 1.59. The van der Waals surface area contributed by atoms with Crippen LogP contribution in [0.4, 0.5) is 0 Å². The lowest BCUT2D eigenvalue weighted by Gasteiger charge is -2.44. The Morgan fingerprint density at radius 3 is 2.55 bits per heavy atom. The first-order valence-electron chi connectivity index (χ1n) is 7.43. The Bertz CT molecular complexity index is 712. The van der Waals surface area contributed by atoms with Crippen molar-refractivity contribution >= 4 is 17.1 Å². The highest BCUT2D eigenvalue weighted by Crippen LogP contribution is 2.50. The molecule has 4 heteroatoms. The molecule has 2 aliphatic carbocycles. The Kier molecular flexibility index (Phi) is 3.25. The SMILES string of the molecule is COc1cc2c(cc1C)C(=O)CC1C2=CC(=O)C(O)C1(C)C. The lowest BCUT2D eigenvalue weighted by molar-refractivity contribution is -0.130. The molecule has 0 bridgehead atoms. The van der Waals surface area contributed by atoms with E-state index >= 15 is 0 Å². The van der Waals surface area contributed by atoms with Gasteiger partial charge < -0.3 is 9.84 Å². The summed E-state index contributed by atoms with van der Waals surface area (Å²) in [4.78, 5) is 24.7. The van der Waals surface area contributed by atoms with E-state index in [1.165, 1.54) is 6.08 Å². The molecule has 2 aliphatic rings. The molecule has 116 valence electrons. The zero-order valence-corrected chi connectivity index (χ0v) is 13.3. The molecular weight excluding hydrogens is 280 g/mol. The first-order valence-corrected chi connectivity index (χ1v) is 7.43. The number of hydrogen-bond acceptors (Lipinski definition) is 4. The van der Waals surface area contributed by atoms with Crippen molar-refractivity contribution < 1.29 is 19.4 Å². The quantitative estimate of drug-likeness (QED) is 0.865. The number of carbonyl (C=O) groups is 2. The van der Waals surface area contributed by atoms with Crippen molar-refractivity contribution in [3.63, 3.8) is 0 Å². The second kappa shape index (κ2) is 4.78. The Morgan fingerprint density at radius 1 is 1.23 bits per heavy atom. The number of rotatable bonds is 1. The van der Waals surface area contributed by atoms with Gasteiger partial charge in [0, 0.05) is 17.4 Å². The number of aliphatic hydroxyl groups excluding tert-OH is 1. The van der Waals surface area contributed by atoms with Crippen LogP contribution in [0, 0.1) is 18.3 Å². The number of ether oxygens (including phenoxy) is 1. The van der Waals surface area contributed by atoms with Crippen LogP contribution in [0.15, 0.2) is 18.2 Å². The fourth-order valence-electron chi connectivity index (χ4n) is 3.60. The van der Waals surface area contributed by atoms with Gasteiger partial charge in [-0.15, -0.1) is 0 Å². The van der Waals surface area contributed by atoms with E-state index < -0.39 is 11.5 Å². The van der Waals surface area contributed by atoms with Crippen molar-refractivity contribution in [3.05, 3.63) is 34.9 Å². The standard InChI is InChI=1S/C18H20O4/c1-9-5-12-10(7-16(9)22-4)11-6-15(20)17(21)18(2,3)13(11)8-14(12)19/h5-7,13,17,21H,8H2,1-4H3. The maximum atomic E-state index is 12.5. The molecule has 0 spiro atoms. The van der Waals surface area contributed by atoms with E-state index in [0.717, 1.165) is 16.7 Å². The molecule has 4 nitrogen and oxygen atoms in total. The molecule has 3 rings (SSSR count). The van der Waals surface area contributed by atoms with Crippen LogP contribution in [0.1, 0.15) is 41.8 Å². The van der Waals surface area contributed by atoms with Crippen LogP contribution in [0.25, 0.3) is 5.57 Å². The fraction of sp³-hybridized carbons (Fsp3) is 0.444. The van der Waals surface area contributed by atoms with Gasteiger partial charge in [-0.2, -0.15) is 0 Å². The van der Waals surface area contributed by atoms with Crippen LogP contribution in [0.3, 0.4) is 0 Å². The summed E-state index contributed by atoms with van der Waals surface area (Å²) in [6, 6.07) is 3.66. The Hall–Kier alpha value is -1.94. The number of aryl methyl sites for hydroxylation is 1. The number of fused-ring (bicyclic) bond motifs is 3. The van der Waals surface area contributed by atoms with Gasteiger partial charge in [-0.25, -0.2) is 0 Å². The third-order valence-corrected chi connectivity index (χ3v) is 5.08. The summed E-state index contributed by atoms with van der Waals surface area (Å²) in [5.74, 6) is 0.297. The molecule has 22 heavy (non-hydrogen) atoms. The van der Waals surface area contributed by atoms with Gasteiger partial charge in [-0.1, -0.05) is 13.8 Å². The monoisotopic (exact) mass is 300 g/mol. The average Bonchev–Trinajstić information content (AvgIpc) is 2.47. The molecule has 2 unspecified atom stereocenters. The minimum absolute atomic E-state index is 0.0533. The van der Waals surface area contributed by atoms with Crippen LogP contribution >= 0.6 is 0 Å². The molecule has 1 N–H and O–H groups in total. The van der Waals surface area contributed by atoms with Crippen molar-refractivity contribution in [2.45, 2.75) is 33.3 Å². The van der Waals surface area contributed by atoms with E-state index in [1.54, 1.807) is 7.11 Å². The topological polar surface area (TPSA) is 63.6 Å². The third-order valence-electron chi connectivity index (χ3n) is 5.08. The summed E-state index contributed by atoms with van der Waals surface area (Å²) >= 11 is 0. The van der Waals surface area contributed by atoms with Crippen molar-refractivity contribution in [2.24, 2.45) is 11.3 Å². The molecule has 1 aromatic rings. The van der Waals surface area contributed by atoms with Crippen molar-refractivity contribution in [2.75, 3.05) is 7.11 Å². The van der Waals surface area contributed by atoms with Crippen molar-refractivity contribution in [1.29, 1.82) is 0 Å². The predicted molar refractivity (Wildman–Crippen MR) is 82.9 cm³/mol. The van der Waals surface area contributed by atoms with Gasteiger partial charge in [0.05, 0.1) is 7.11 Å². The highest BCUT2D eigenvalue weighted by atomic mass is 16.5. The summed E-state index contributed by atoms with van der Waals surface area (Å²) < 4.78 is 5.35. The molecule has 0 aliphatic heterocycles. The van der Waals surface area contributed by atoms with Gasteiger partial charge in [0.25, 0.3) is 0 Å². The molecule has 0 aromatic heterocycles. The highest BCUT2D eigenvalue weighted by molar-refractivity contribution is 6.10. The van der Waals surface area contributed by atoms with E-state index in [4.69, 9.17) is 4.74 Å². The number of ketones is 2. The lowest BCUT2D eigenvalue weighted by atomic mass is 9.60. The Morgan fingerprint density at radius 2 is 1.91 bits per heavy atom. The van der Waals surface area contributed by atoms with Gasteiger partial charge in [0.1, 0.15) is 11.9 Å². The minimum atomic E-state index is -1.07. The molecule has 0 saturated carbocycles. The number of aliphatic hydroxyl groups is 1. The Balaban J connectivity index is 2.26. The maximum absolute atomic E-state index is 12.5. The molecule has 1 aromatic carbocycles. The van der Waals surface area contributed by atoms with Crippen molar-refractivity contribution in [3.8, 4) is 5.75 Å². The van der Waals surface area contributed by atoms with Crippen LogP contribution in [0.5, 0.6) is 5.75 Å². The first-order chi connectivity index (χ1) is 10.3. The molecule has 0 fully saturated rings. The summed E-state index contributed by atoms with van der Waals surface area (Å²) in [5.41, 5.74) is 2.48. The molecule has 0 amide bonds. The van der Waals surface area contributed by atoms with Crippen LogP contribution in [-0.2, 0) is 4.79 Å². The molecule has 0 heterocycles. The van der Waals surface area contributed by atoms with E-state index in [1.807, 2.05) is 32.9 Å². The number of benzene rings is 1. The molecular formula is C18H20O4. The molecule has 2 atom stereocenters. The van der Waals surface area contributed by atoms with E-state index in [-0.39, 0.29) is 17.5 Å². The third kappa shape index (κ3) is 1.94. The molecule has 0 radical (unpaired) electrons. The van der Waals surface area contributed by atoms with Gasteiger partial charge in [0.15, 0.2) is 11.6 Å². The van der Waals surface area contributed by atoms with E-state index in [2.05, 4.69) is 0 Å². The predicted octanol–water partition coefficient (Wildman–Crippen LogP) is 2.56. The first kappa shape index (κ1) is 15.0. The van der Waals surface area contributed by atoms with E-state index in [0.29, 0.717) is 17.7 Å². The van der Waals surface area contributed by atoms with Gasteiger partial charge in [-0.3, -0.25) is 9.59 Å². The number of carbonyl (C=O) groups excluding carboxylic acids is 2. The summed E-state index contributed by atoms with van der Waals surface area (Å²) in [5, 5.41) is 10.2. The lowest BCUT2D eigenvalue weighted by Crippen LogP contribution is -2.47. The van der Waals surface area contributed by atoms with Crippen LogP contribution < -0.4 is 4.74 Å². The Labute approximate surface area is 129 Å². The maximum Gasteiger partial charge on any atom is 0.184 e. The normalized spacial score (nSPS) is 26.1. The van der Waals surface area contributed by atoms with Crippen LogP contribution in [-0.4, -0.2) is 29.9 Å². The second-order valence-corrected chi connectivity index (χ2v) is 6.77. The van der Waals surface area contributed by atoms with Gasteiger partial charge >= 0.3 is 0 Å². The zero-order chi connectivity index (χ0) is 16.2. The number of methoxy groups -OCH3 is 1. The minimum Gasteiger partial charge on any atom is -0.496 e.